The van der Waals surface area contributed by atoms with Gasteiger partial charge in [0, 0.05) is 28.2 Å². The molecule has 1 N–H and O–H groups in total. The third-order valence-electron chi connectivity index (χ3n) is 2.82. The van der Waals surface area contributed by atoms with E-state index in [0.717, 1.165) is 5.52 Å². The highest BCUT2D eigenvalue weighted by atomic mass is 14.7. The molecule has 3 rings (SSSR count). The number of nitrogens with zero attached hydrogens (tertiary/aromatic N) is 1. The first-order valence-electron chi connectivity index (χ1n) is 5.09. The van der Waals surface area contributed by atoms with Crippen molar-refractivity contribution in [1.29, 1.82) is 0 Å². The van der Waals surface area contributed by atoms with Crippen LogP contribution in [-0.4, -0.2) is 9.97 Å². The highest BCUT2D eigenvalue weighted by Crippen LogP contribution is 2.23. The summed E-state index contributed by atoms with van der Waals surface area (Å²) in [5.41, 5.74) is 4.72. The average molecular weight is 196 g/mol. The molecule has 0 aliphatic carbocycles. The van der Waals surface area contributed by atoms with Crippen molar-refractivity contribution in [3.05, 3.63) is 41.7 Å². The van der Waals surface area contributed by atoms with Gasteiger partial charge in [0.05, 0.1) is 5.52 Å². The van der Waals surface area contributed by atoms with Crippen LogP contribution in [0.15, 0.2) is 30.5 Å². The van der Waals surface area contributed by atoms with Crippen LogP contribution in [0.4, 0.5) is 0 Å². The summed E-state index contributed by atoms with van der Waals surface area (Å²) in [5.74, 6) is 0. The summed E-state index contributed by atoms with van der Waals surface area (Å²) in [5, 5.41) is 2.49. The van der Waals surface area contributed by atoms with Crippen LogP contribution in [0.25, 0.3) is 21.8 Å². The van der Waals surface area contributed by atoms with E-state index >= 15 is 0 Å². The Kier molecular flexibility index (Phi) is 1.60. The Hall–Kier alpha value is -1.83. The van der Waals surface area contributed by atoms with Crippen molar-refractivity contribution < 1.29 is 0 Å². The first kappa shape index (κ1) is 8.48. The molecular weight excluding hydrogens is 184 g/mol. The SMILES string of the molecule is Cc1cc(C)c2cc3ccnc3cc2[nH]1. The number of nitrogens with one attached hydrogen (secondary N) is 1. The van der Waals surface area contributed by atoms with E-state index in [9.17, 15) is 0 Å². The van der Waals surface area contributed by atoms with Gasteiger partial charge in [-0.05, 0) is 43.7 Å². The maximum Gasteiger partial charge on any atom is 0.0723 e. The fourth-order valence-corrected chi connectivity index (χ4v) is 2.13. The number of H-pyrrole nitrogens is 1. The Morgan fingerprint density at radius 3 is 2.87 bits per heavy atom. The van der Waals surface area contributed by atoms with Gasteiger partial charge in [0.2, 0.25) is 0 Å². The first-order chi connectivity index (χ1) is 7.24. The summed E-state index contributed by atoms with van der Waals surface area (Å²) < 4.78 is 0. The lowest BCUT2D eigenvalue weighted by Crippen LogP contribution is -1.87. The third-order valence-corrected chi connectivity index (χ3v) is 2.82. The number of aromatic nitrogens is 2. The van der Waals surface area contributed by atoms with Crippen LogP contribution in [0.1, 0.15) is 11.3 Å². The van der Waals surface area contributed by atoms with E-state index in [1.165, 1.54) is 27.5 Å². The van der Waals surface area contributed by atoms with Gasteiger partial charge in [0.1, 0.15) is 0 Å². The molecule has 2 aromatic heterocycles. The molecule has 0 bridgehead atoms. The van der Waals surface area contributed by atoms with E-state index in [1.54, 1.807) is 0 Å². The van der Waals surface area contributed by atoms with Gasteiger partial charge < -0.3 is 4.98 Å². The highest BCUT2D eigenvalue weighted by molar-refractivity contribution is 5.96. The molecule has 0 aliphatic rings. The van der Waals surface area contributed by atoms with E-state index in [4.69, 9.17) is 0 Å². The molecule has 3 aromatic rings. The Morgan fingerprint density at radius 1 is 1.13 bits per heavy atom. The second-order valence-electron chi connectivity index (χ2n) is 4.04. The van der Waals surface area contributed by atoms with Crippen LogP contribution in [0.3, 0.4) is 0 Å². The molecule has 2 heterocycles. The van der Waals surface area contributed by atoms with Crippen LogP contribution in [0, 0.1) is 13.8 Å². The number of pyridine rings is 1. The fourth-order valence-electron chi connectivity index (χ4n) is 2.13. The van der Waals surface area contributed by atoms with Gasteiger partial charge in [0.15, 0.2) is 0 Å². The molecule has 0 saturated carbocycles. The minimum absolute atomic E-state index is 1.06. The quantitative estimate of drug-likeness (QED) is 0.587. The molecule has 0 amide bonds. The highest BCUT2D eigenvalue weighted by Gasteiger charge is 2.02. The largest absolute Gasteiger partial charge is 0.359 e. The minimum atomic E-state index is 1.06. The number of aryl methyl sites for hydroxylation is 2. The van der Waals surface area contributed by atoms with Gasteiger partial charge in [-0.3, -0.25) is 4.98 Å². The van der Waals surface area contributed by atoms with E-state index in [-0.39, 0.29) is 0 Å². The molecule has 2 heteroatoms. The molecule has 74 valence electrons. The van der Waals surface area contributed by atoms with Gasteiger partial charge in [0.25, 0.3) is 0 Å². The van der Waals surface area contributed by atoms with Crippen molar-refractivity contribution in [2.45, 2.75) is 13.8 Å². The second kappa shape index (κ2) is 2.83. The van der Waals surface area contributed by atoms with Crippen molar-refractivity contribution in [2.75, 3.05) is 0 Å². The summed E-state index contributed by atoms with van der Waals surface area (Å²) >= 11 is 0. The fraction of sp³-hybridized carbons (Fsp3) is 0.154. The molecule has 0 spiro atoms. The first-order valence-corrected chi connectivity index (χ1v) is 5.09. The van der Waals surface area contributed by atoms with Crippen molar-refractivity contribution in [1.82, 2.24) is 9.97 Å². The van der Waals surface area contributed by atoms with E-state index < -0.39 is 0 Å². The molecular formula is C13H12N2. The maximum absolute atomic E-state index is 4.31. The van der Waals surface area contributed by atoms with Crippen LogP contribution in [0.5, 0.6) is 0 Å². The summed E-state index contributed by atoms with van der Waals surface area (Å²) in [6, 6.07) is 8.53. The van der Waals surface area contributed by atoms with Crippen molar-refractivity contribution in [3.63, 3.8) is 0 Å². The molecule has 0 fully saturated rings. The zero-order chi connectivity index (χ0) is 10.4. The number of rotatable bonds is 0. The Labute approximate surface area is 88.0 Å². The van der Waals surface area contributed by atoms with Crippen molar-refractivity contribution >= 4 is 21.8 Å². The predicted octanol–water partition coefficient (Wildman–Crippen LogP) is 3.33. The van der Waals surface area contributed by atoms with Crippen molar-refractivity contribution in [2.24, 2.45) is 0 Å². The summed E-state index contributed by atoms with van der Waals surface area (Å²) in [6.45, 7) is 4.22. The van der Waals surface area contributed by atoms with Gasteiger partial charge in [-0.1, -0.05) is 0 Å². The van der Waals surface area contributed by atoms with Gasteiger partial charge >= 0.3 is 0 Å². The molecule has 0 atom stereocenters. The van der Waals surface area contributed by atoms with E-state index in [1.807, 2.05) is 12.3 Å². The van der Waals surface area contributed by atoms with Gasteiger partial charge in [-0.2, -0.15) is 0 Å². The lowest BCUT2D eigenvalue weighted by molar-refractivity contribution is 1.24. The number of benzene rings is 1. The van der Waals surface area contributed by atoms with Crippen LogP contribution < -0.4 is 0 Å². The van der Waals surface area contributed by atoms with Gasteiger partial charge in [-0.25, -0.2) is 0 Å². The Bertz CT molecular complexity index is 650. The minimum Gasteiger partial charge on any atom is -0.359 e. The zero-order valence-corrected chi connectivity index (χ0v) is 8.83. The molecule has 0 unspecified atom stereocenters. The zero-order valence-electron chi connectivity index (χ0n) is 8.83. The van der Waals surface area contributed by atoms with Crippen LogP contribution >= 0.6 is 0 Å². The number of hydrogen-bond donors (Lipinski definition) is 1. The monoisotopic (exact) mass is 196 g/mol. The average Bonchev–Trinajstić information content (AvgIpc) is 2.61. The third kappa shape index (κ3) is 1.22. The topological polar surface area (TPSA) is 28.7 Å². The normalized spacial score (nSPS) is 11.3. The molecule has 0 aliphatic heterocycles. The predicted molar refractivity (Wildman–Crippen MR) is 63.1 cm³/mol. The standard InChI is InChI=1S/C13H12N2/c1-8-5-9(2)15-13-7-12-10(3-4-14-12)6-11(8)13/h3-7,15H,1-2H3. The number of fused-ring (bicyclic) bond motifs is 2. The molecule has 1 aromatic carbocycles. The molecule has 0 radical (unpaired) electrons. The Morgan fingerprint density at radius 2 is 2.00 bits per heavy atom. The second-order valence-corrected chi connectivity index (χ2v) is 4.04. The van der Waals surface area contributed by atoms with E-state index in [2.05, 4.69) is 42.0 Å². The lowest BCUT2D eigenvalue weighted by Gasteiger charge is -2.05. The smallest absolute Gasteiger partial charge is 0.0723 e. The molecule has 15 heavy (non-hydrogen) atoms. The van der Waals surface area contributed by atoms with Crippen LogP contribution in [-0.2, 0) is 0 Å². The molecule has 0 saturated heterocycles. The lowest BCUT2D eigenvalue weighted by atomic mass is 10.1. The number of aromatic amines is 1. The molecule has 2 nitrogen and oxygen atoms in total. The summed E-state index contributed by atoms with van der Waals surface area (Å²) in [4.78, 5) is 7.68. The Balaban J connectivity index is 2.54. The van der Waals surface area contributed by atoms with Gasteiger partial charge in [-0.15, -0.1) is 0 Å². The number of hydrogen-bond acceptors (Lipinski definition) is 1. The maximum atomic E-state index is 4.31. The summed E-state index contributed by atoms with van der Waals surface area (Å²) in [7, 11) is 0. The summed E-state index contributed by atoms with van der Waals surface area (Å²) in [6.07, 6.45) is 1.85. The van der Waals surface area contributed by atoms with E-state index in [0.29, 0.717) is 0 Å². The van der Waals surface area contributed by atoms with Crippen molar-refractivity contribution in [3.8, 4) is 0 Å². The van der Waals surface area contributed by atoms with Crippen LogP contribution in [0.2, 0.25) is 0 Å².